The molecule has 0 bridgehead atoms. The Hall–Kier alpha value is -1.35. The van der Waals surface area contributed by atoms with Gasteiger partial charge in [0, 0.05) is 5.54 Å². The Labute approximate surface area is 115 Å². The molecule has 1 atom stereocenters. The molecular weight excluding hydrogens is 238 g/mol. The molecule has 0 aromatic heterocycles. The molecule has 3 heteroatoms. The summed E-state index contributed by atoms with van der Waals surface area (Å²) in [6.45, 7) is 7.08. The predicted molar refractivity (Wildman–Crippen MR) is 76.4 cm³/mol. The molecule has 1 saturated heterocycles. The van der Waals surface area contributed by atoms with Crippen molar-refractivity contribution in [2.45, 2.75) is 44.6 Å². The first-order chi connectivity index (χ1) is 8.78. The lowest BCUT2D eigenvalue weighted by Crippen LogP contribution is -2.56. The molecule has 19 heavy (non-hydrogen) atoms. The van der Waals surface area contributed by atoms with Crippen molar-refractivity contribution < 1.29 is 9.90 Å². The summed E-state index contributed by atoms with van der Waals surface area (Å²) < 4.78 is 0. The van der Waals surface area contributed by atoms with E-state index in [1.807, 2.05) is 31.2 Å². The summed E-state index contributed by atoms with van der Waals surface area (Å²) in [4.78, 5) is 14.2. The minimum absolute atomic E-state index is 0.0968. The Kier molecular flexibility index (Phi) is 3.43. The fourth-order valence-corrected chi connectivity index (χ4v) is 3.12. The molecule has 0 amide bonds. The summed E-state index contributed by atoms with van der Waals surface area (Å²) in [6, 6.07) is 7.96. The number of hydrogen-bond acceptors (Lipinski definition) is 2. The van der Waals surface area contributed by atoms with Crippen LogP contribution in [0.5, 0.6) is 0 Å². The molecule has 0 saturated carbocycles. The van der Waals surface area contributed by atoms with E-state index in [4.69, 9.17) is 0 Å². The lowest BCUT2D eigenvalue weighted by atomic mass is 9.66. The zero-order valence-corrected chi connectivity index (χ0v) is 12.2. The number of carbonyl (C=O) groups is 1. The first-order valence-corrected chi connectivity index (χ1v) is 6.80. The van der Waals surface area contributed by atoms with Crippen molar-refractivity contribution in [3.8, 4) is 0 Å². The van der Waals surface area contributed by atoms with Crippen molar-refractivity contribution in [3.05, 3.63) is 35.4 Å². The van der Waals surface area contributed by atoms with Gasteiger partial charge in [-0.2, -0.15) is 0 Å². The first-order valence-electron chi connectivity index (χ1n) is 6.80. The summed E-state index contributed by atoms with van der Waals surface area (Å²) >= 11 is 0. The van der Waals surface area contributed by atoms with Crippen LogP contribution in [0.25, 0.3) is 0 Å². The van der Waals surface area contributed by atoms with E-state index in [1.165, 1.54) is 0 Å². The van der Waals surface area contributed by atoms with Gasteiger partial charge in [0.05, 0.1) is 5.41 Å². The summed E-state index contributed by atoms with van der Waals surface area (Å²) in [5.74, 6) is -0.695. The second kappa shape index (κ2) is 4.64. The molecular formula is C16H23NO2. The van der Waals surface area contributed by atoms with E-state index in [9.17, 15) is 9.90 Å². The number of likely N-dealkylation sites (tertiary alicyclic amines) is 1. The molecule has 1 fully saturated rings. The van der Waals surface area contributed by atoms with Crippen molar-refractivity contribution in [2.75, 3.05) is 13.6 Å². The molecule has 2 rings (SSSR count). The van der Waals surface area contributed by atoms with Gasteiger partial charge in [-0.15, -0.1) is 0 Å². The Bertz CT molecular complexity index is 495. The largest absolute Gasteiger partial charge is 0.481 e. The van der Waals surface area contributed by atoms with Gasteiger partial charge >= 0.3 is 5.97 Å². The van der Waals surface area contributed by atoms with Crippen LogP contribution < -0.4 is 0 Å². The average Bonchev–Trinajstić information content (AvgIpc) is 2.32. The van der Waals surface area contributed by atoms with Gasteiger partial charge < -0.3 is 10.0 Å². The van der Waals surface area contributed by atoms with E-state index in [0.717, 1.165) is 17.7 Å². The van der Waals surface area contributed by atoms with E-state index < -0.39 is 11.4 Å². The van der Waals surface area contributed by atoms with E-state index in [-0.39, 0.29) is 5.54 Å². The van der Waals surface area contributed by atoms with Crippen LogP contribution in [0.4, 0.5) is 0 Å². The third-order valence-corrected chi connectivity index (χ3v) is 4.62. The van der Waals surface area contributed by atoms with Crippen LogP contribution in [0, 0.1) is 6.92 Å². The topological polar surface area (TPSA) is 40.5 Å². The van der Waals surface area contributed by atoms with E-state index in [1.54, 1.807) is 0 Å². The average molecular weight is 261 g/mol. The van der Waals surface area contributed by atoms with Crippen LogP contribution in [-0.4, -0.2) is 35.1 Å². The molecule has 1 aromatic rings. The fraction of sp³-hybridized carbons (Fsp3) is 0.562. The SMILES string of the molecule is Cc1cccc(C2(C(=O)O)CCN(C)C(C)(C)C2)c1. The lowest BCUT2D eigenvalue weighted by molar-refractivity contribution is -0.148. The summed E-state index contributed by atoms with van der Waals surface area (Å²) in [5.41, 5.74) is 1.22. The number of rotatable bonds is 2. The van der Waals surface area contributed by atoms with Crippen molar-refractivity contribution in [3.63, 3.8) is 0 Å². The van der Waals surface area contributed by atoms with Crippen LogP contribution >= 0.6 is 0 Å². The lowest BCUT2D eigenvalue weighted by Gasteiger charge is -2.48. The van der Waals surface area contributed by atoms with Gasteiger partial charge in [0.2, 0.25) is 0 Å². The molecule has 0 spiro atoms. The second-order valence-corrected chi connectivity index (χ2v) is 6.42. The van der Waals surface area contributed by atoms with Gasteiger partial charge in [0.1, 0.15) is 0 Å². The van der Waals surface area contributed by atoms with E-state index in [2.05, 4.69) is 25.8 Å². The molecule has 1 unspecified atom stereocenters. The Morgan fingerprint density at radius 2 is 2.05 bits per heavy atom. The third kappa shape index (κ3) is 2.39. The summed E-state index contributed by atoms with van der Waals surface area (Å²) in [7, 11) is 2.07. The van der Waals surface area contributed by atoms with Crippen LogP contribution in [0.3, 0.4) is 0 Å². The fourth-order valence-electron chi connectivity index (χ4n) is 3.12. The zero-order chi connectivity index (χ0) is 14.3. The number of nitrogens with zero attached hydrogens (tertiary/aromatic N) is 1. The molecule has 1 N–H and O–H groups in total. The van der Waals surface area contributed by atoms with E-state index >= 15 is 0 Å². The maximum absolute atomic E-state index is 12.0. The smallest absolute Gasteiger partial charge is 0.314 e. The van der Waals surface area contributed by atoms with Crippen LogP contribution in [-0.2, 0) is 10.2 Å². The van der Waals surface area contributed by atoms with Crippen molar-refractivity contribution in [2.24, 2.45) is 0 Å². The maximum Gasteiger partial charge on any atom is 0.314 e. The maximum atomic E-state index is 12.0. The van der Waals surface area contributed by atoms with Gasteiger partial charge in [0.25, 0.3) is 0 Å². The van der Waals surface area contributed by atoms with Crippen molar-refractivity contribution >= 4 is 5.97 Å². The van der Waals surface area contributed by atoms with Crippen molar-refractivity contribution in [1.82, 2.24) is 4.90 Å². The number of aliphatic carboxylic acids is 1. The molecule has 0 radical (unpaired) electrons. The number of carboxylic acid groups (broad SMARTS) is 1. The molecule has 0 aliphatic carbocycles. The minimum Gasteiger partial charge on any atom is -0.481 e. The highest BCUT2D eigenvalue weighted by Crippen LogP contribution is 2.42. The summed E-state index contributed by atoms with van der Waals surface area (Å²) in [6.07, 6.45) is 1.32. The van der Waals surface area contributed by atoms with Crippen LogP contribution in [0.2, 0.25) is 0 Å². The Morgan fingerprint density at radius 1 is 1.37 bits per heavy atom. The Balaban J connectivity index is 2.48. The highest BCUT2D eigenvalue weighted by molar-refractivity contribution is 5.82. The Morgan fingerprint density at radius 3 is 2.58 bits per heavy atom. The number of aryl methyl sites for hydroxylation is 1. The highest BCUT2D eigenvalue weighted by Gasteiger charge is 2.49. The summed E-state index contributed by atoms with van der Waals surface area (Å²) in [5, 5.41) is 9.83. The molecule has 3 nitrogen and oxygen atoms in total. The number of hydrogen-bond donors (Lipinski definition) is 1. The standard InChI is InChI=1S/C16H23NO2/c1-12-6-5-7-13(10-12)16(14(18)19)8-9-17(4)15(2,3)11-16/h5-7,10H,8-9,11H2,1-4H3,(H,18,19). The zero-order valence-electron chi connectivity index (χ0n) is 12.2. The molecule has 1 heterocycles. The van der Waals surface area contributed by atoms with Gasteiger partial charge in [-0.1, -0.05) is 29.8 Å². The van der Waals surface area contributed by atoms with Gasteiger partial charge in [0.15, 0.2) is 0 Å². The van der Waals surface area contributed by atoms with Crippen LogP contribution in [0.15, 0.2) is 24.3 Å². The number of piperidine rings is 1. The second-order valence-electron chi connectivity index (χ2n) is 6.42. The quantitative estimate of drug-likeness (QED) is 0.890. The molecule has 1 aromatic carbocycles. The number of carboxylic acids is 1. The molecule has 104 valence electrons. The number of benzene rings is 1. The first kappa shape index (κ1) is 14.1. The minimum atomic E-state index is -0.748. The van der Waals surface area contributed by atoms with Crippen molar-refractivity contribution in [1.29, 1.82) is 0 Å². The normalized spacial score (nSPS) is 27.2. The molecule has 1 aliphatic rings. The van der Waals surface area contributed by atoms with Gasteiger partial charge in [-0.3, -0.25) is 4.79 Å². The third-order valence-electron chi connectivity index (χ3n) is 4.62. The van der Waals surface area contributed by atoms with E-state index in [0.29, 0.717) is 12.8 Å². The monoisotopic (exact) mass is 261 g/mol. The van der Waals surface area contributed by atoms with Gasteiger partial charge in [-0.25, -0.2) is 0 Å². The molecule has 1 aliphatic heterocycles. The van der Waals surface area contributed by atoms with Crippen LogP contribution in [0.1, 0.15) is 37.8 Å². The highest BCUT2D eigenvalue weighted by atomic mass is 16.4. The predicted octanol–water partition coefficient (Wildman–Crippen LogP) is 2.82. The van der Waals surface area contributed by atoms with Gasteiger partial charge in [-0.05, 0) is 52.8 Å².